The van der Waals surface area contributed by atoms with Crippen LogP contribution in [0.2, 0.25) is 0 Å². The second-order valence-corrected chi connectivity index (χ2v) is 4.40. The SMILES string of the molecule is CCc1ccc(CNC(=O)NC(CCO)C(=O)O)cc1. The number of carboxylic acid groups (broad SMARTS) is 1. The zero-order chi connectivity index (χ0) is 15.0. The molecule has 0 radical (unpaired) electrons. The van der Waals surface area contributed by atoms with Gasteiger partial charge in [0.05, 0.1) is 0 Å². The summed E-state index contributed by atoms with van der Waals surface area (Å²) in [6, 6.07) is 6.16. The van der Waals surface area contributed by atoms with Gasteiger partial charge in [-0.05, 0) is 17.5 Å². The van der Waals surface area contributed by atoms with Crippen molar-refractivity contribution < 1.29 is 19.8 Å². The van der Waals surface area contributed by atoms with E-state index in [1.165, 1.54) is 5.56 Å². The second kappa shape index (κ2) is 8.16. The minimum absolute atomic E-state index is 0.0199. The van der Waals surface area contributed by atoms with Crippen molar-refractivity contribution in [2.75, 3.05) is 6.61 Å². The molecule has 1 aromatic carbocycles. The van der Waals surface area contributed by atoms with Crippen LogP contribution in [0, 0.1) is 0 Å². The first-order valence-electron chi connectivity index (χ1n) is 6.52. The van der Waals surface area contributed by atoms with E-state index in [2.05, 4.69) is 17.6 Å². The number of aryl methyl sites for hydroxylation is 1. The van der Waals surface area contributed by atoms with E-state index < -0.39 is 18.0 Å². The maximum Gasteiger partial charge on any atom is 0.326 e. The molecule has 2 amide bonds. The Morgan fingerprint density at radius 3 is 2.30 bits per heavy atom. The number of carbonyl (C=O) groups excluding carboxylic acids is 1. The molecular formula is C14H20N2O4. The fraction of sp³-hybridized carbons (Fsp3) is 0.429. The molecule has 20 heavy (non-hydrogen) atoms. The van der Waals surface area contributed by atoms with Crippen LogP contribution in [0.4, 0.5) is 4.79 Å². The molecular weight excluding hydrogens is 260 g/mol. The summed E-state index contributed by atoms with van der Waals surface area (Å²) in [6.45, 7) is 2.09. The van der Waals surface area contributed by atoms with Crippen LogP contribution >= 0.6 is 0 Å². The van der Waals surface area contributed by atoms with Gasteiger partial charge in [-0.2, -0.15) is 0 Å². The van der Waals surface area contributed by atoms with Gasteiger partial charge in [-0.3, -0.25) is 0 Å². The van der Waals surface area contributed by atoms with Gasteiger partial charge < -0.3 is 20.8 Å². The molecule has 1 unspecified atom stereocenters. The van der Waals surface area contributed by atoms with Gasteiger partial charge >= 0.3 is 12.0 Å². The average molecular weight is 280 g/mol. The van der Waals surface area contributed by atoms with Crippen molar-refractivity contribution in [3.63, 3.8) is 0 Å². The fourth-order valence-corrected chi connectivity index (χ4v) is 1.67. The maximum atomic E-state index is 11.6. The molecule has 110 valence electrons. The van der Waals surface area contributed by atoms with Crippen molar-refractivity contribution in [3.8, 4) is 0 Å². The Kier molecular flexibility index (Phi) is 6.52. The first-order valence-corrected chi connectivity index (χ1v) is 6.52. The van der Waals surface area contributed by atoms with Crippen molar-refractivity contribution >= 4 is 12.0 Å². The highest BCUT2D eigenvalue weighted by Gasteiger charge is 2.18. The standard InChI is InChI=1S/C14H20N2O4/c1-2-10-3-5-11(6-4-10)9-15-14(20)16-12(7-8-17)13(18)19/h3-6,12,17H,2,7-9H2,1H3,(H,18,19)(H2,15,16,20). The number of carboxylic acids is 1. The topological polar surface area (TPSA) is 98.7 Å². The lowest BCUT2D eigenvalue weighted by atomic mass is 10.1. The first kappa shape index (κ1) is 16.0. The Bertz CT molecular complexity index is 445. The monoisotopic (exact) mass is 280 g/mol. The summed E-state index contributed by atoms with van der Waals surface area (Å²) in [5.41, 5.74) is 2.15. The average Bonchev–Trinajstić information content (AvgIpc) is 2.45. The van der Waals surface area contributed by atoms with Crippen LogP contribution in [0.1, 0.15) is 24.5 Å². The molecule has 1 atom stereocenters. The summed E-state index contributed by atoms with van der Waals surface area (Å²) < 4.78 is 0. The van der Waals surface area contributed by atoms with Crippen LogP contribution in [0.5, 0.6) is 0 Å². The summed E-state index contributed by atoms with van der Waals surface area (Å²) in [5.74, 6) is -1.17. The summed E-state index contributed by atoms with van der Waals surface area (Å²) in [7, 11) is 0. The highest BCUT2D eigenvalue weighted by molar-refractivity contribution is 5.82. The highest BCUT2D eigenvalue weighted by Crippen LogP contribution is 2.04. The summed E-state index contributed by atoms with van der Waals surface area (Å²) in [5, 5.41) is 22.4. The number of carbonyl (C=O) groups is 2. The molecule has 6 nitrogen and oxygen atoms in total. The molecule has 1 aromatic rings. The fourth-order valence-electron chi connectivity index (χ4n) is 1.67. The normalized spacial score (nSPS) is 11.7. The third kappa shape index (κ3) is 5.27. The molecule has 0 bridgehead atoms. The van der Waals surface area contributed by atoms with Crippen molar-refractivity contribution in [3.05, 3.63) is 35.4 Å². The lowest BCUT2D eigenvalue weighted by molar-refractivity contribution is -0.139. The van der Waals surface area contributed by atoms with Gasteiger partial charge in [-0.15, -0.1) is 0 Å². The van der Waals surface area contributed by atoms with Gasteiger partial charge in [0.25, 0.3) is 0 Å². The van der Waals surface area contributed by atoms with Crippen molar-refractivity contribution in [1.29, 1.82) is 0 Å². The second-order valence-electron chi connectivity index (χ2n) is 4.40. The molecule has 1 rings (SSSR count). The number of urea groups is 1. The molecule has 0 aliphatic rings. The molecule has 0 heterocycles. The molecule has 0 aliphatic carbocycles. The van der Waals surface area contributed by atoms with Crippen LogP contribution in [-0.2, 0) is 17.8 Å². The van der Waals surface area contributed by atoms with E-state index in [4.69, 9.17) is 10.2 Å². The minimum atomic E-state index is -1.17. The first-order chi connectivity index (χ1) is 9.56. The Hall–Kier alpha value is -2.08. The Labute approximate surface area is 117 Å². The predicted octanol–water partition coefficient (Wildman–Crippen LogP) is 0.884. The zero-order valence-electron chi connectivity index (χ0n) is 11.4. The van der Waals surface area contributed by atoms with E-state index in [9.17, 15) is 9.59 Å². The Morgan fingerprint density at radius 1 is 1.20 bits per heavy atom. The molecule has 0 aliphatic heterocycles. The number of hydrogen-bond acceptors (Lipinski definition) is 3. The van der Waals surface area contributed by atoms with E-state index in [0.29, 0.717) is 6.54 Å². The lowest BCUT2D eigenvalue weighted by Crippen LogP contribution is -2.46. The lowest BCUT2D eigenvalue weighted by Gasteiger charge is -2.14. The van der Waals surface area contributed by atoms with Crippen LogP contribution < -0.4 is 10.6 Å². The number of aliphatic hydroxyl groups is 1. The van der Waals surface area contributed by atoms with Crippen molar-refractivity contribution in [1.82, 2.24) is 10.6 Å². The molecule has 4 N–H and O–H groups in total. The number of rotatable bonds is 7. The number of nitrogens with one attached hydrogen (secondary N) is 2. The van der Waals surface area contributed by atoms with Gasteiger partial charge in [0, 0.05) is 19.6 Å². The molecule has 0 saturated heterocycles. The van der Waals surface area contributed by atoms with E-state index in [-0.39, 0.29) is 13.0 Å². The van der Waals surface area contributed by atoms with E-state index in [0.717, 1.165) is 12.0 Å². The number of aliphatic hydroxyl groups excluding tert-OH is 1. The largest absolute Gasteiger partial charge is 0.480 e. The zero-order valence-corrected chi connectivity index (χ0v) is 11.4. The molecule has 6 heteroatoms. The number of hydrogen-bond donors (Lipinski definition) is 4. The van der Waals surface area contributed by atoms with Crippen molar-refractivity contribution in [2.24, 2.45) is 0 Å². The third-order valence-electron chi connectivity index (χ3n) is 2.91. The van der Waals surface area contributed by atoms with Gasteiger partial charge in [-0.25, -0.2) is 9.59 Å². The highest BCUT2D eigenvalue weighted by atomic mass is 16.4. The van der Waals surface area contributed by atoms with Crippen LogP contribution in [0.25, 0.3) is 0 Å². The maximum absolute atomic E-state index is 11.6. The van der Waals surface area contributed by atoms with Gasteiger partial charge in [0.1, 0.15) is 6.04 Å². The minimum Gasteiger partial charge on any atom is -0.480 e. The van der Waals surface area contributed by atoms with E-state index in [1.54, 1.807) is 0 Å². The quantitative estimate of drug-likeness (QED) is 0.596. The van der Waals surface area contributed by atoms with Crippen LogP contribution in [0.15, 0.2) is 24.3 Å². The Morgan fingerprint density at radius 2 is 1.80 bits per heavy atom. The molecule has 0 aromatic heterocycles. The summed E-state index contributed by atoms with van der Waals surface area (Å²) >= 11 is 0. The number of amides is 2. The Balaban J connectivity index is 2.43. The summed E-state index contributed by atoms with van der Waals surface area (Å²) in [6.07, 6.45) is 0.934. The van der Waals surface area contributed by atoms with Crippen molar-refractivity contribution in [2.45, 2.75) is 32.4 Å². The molecule has 0 spiro atoms. The van der Waals surface area contributed by atoms with Gasteiger partial charge in [0.2, 0.25) is 0 Å². The number of benzene rings is 1. The van der Waals surface area contributed by atoms with Crippen LogP contribution in [0.3, 0.4) is 0 Å². The van der Waals surface area contributed by atoms with Gasteiger partial charge in [0.15, 0.2) is 0 Å². The predicted molar refractivity (Wildman–Crippen MR) is 74.3 cm³/mol. The van der Waals surface area contributed by atoms with Gasteiger partial charge in [-0.1, -0.05) is 31.2 Å². The van der Waals surface area contributed by atoms with E-state index in [1.807, 2.05) is 24.3 Å². The smallest absolute Gasteiger partial charge is 0.326 e. The third-order valence-corrected chi connectivity index (χ3v) is 2.91. The number of aliphatic carboxylic acids is 1. The van der Waals surface area contributed by atoms with E-state index >= 15 is 0 Å². The molecule has 0 saturated carbocycles. The van der Waals surface area contributed by atoms with Crippen LogP contribution in [-0.4, -0.2) is 34.9 Å². The summed E-state index contributed by atoms with van der Waals surface area (Å²) in [4.78, 5) is 22.4. The molecule has 0 fully saturated rings.